The predicted molar refractivity (Wildman–Crippen MR) is 107 cm³/mol. The number of benzene rings is 2. The number of thiazole rings is 1. The van der Waals surface area contributed by atoms with Crippen LogP contribution in [-0.4, -0.2) is 16.7 Å². The fraction of sp³-hybridized carbons (Fsp3) is 0.300. The van der Waals surface area contributed by atoms with Crippen molar-refractivity contribution in [3.05, 3.63) is 57.9 Å². The maximum absolute atomic E-state index is 12.5. The third-order valence-corrected chi connectivity index (χ3v) is 6.04. The van der Waals surface area contributed by atoms with E-state index in [4.69, 9.17) is 0 Å². The highest BCUT2D eigenvalue weighted by Gasteiger charge is 2.09. The molecule has 0 aliphatic carbocycles. The Morgan fingerprint density at radius 2 is 2.00 bits per heavy atom. The van der Waals surface area contributed by atoms with Gasteiger partial charge in [-0.25, -0.2) is 0 Å². The smallest absolute Gasteiger partial charge is 0.252 e. The summed E-state index contributed by atoms with van der Waals surface area (Å²) in [6.07, 6.45) is 2.42. The molecule has 1 heterocycles. The van der Waals surface area contributed by atoms with E-state index in [1.807, 2.05) is 13.8 Å². The Morgan fingerprint density at radius 3 is 2.72 bits per heavy atom. The van der Waals surface area contributed by atoms with Gasteiger partial charge in [0.1, 0.15) is 0 Å². The molecular weight excluding hydrogens is 348 g/mol. The lowest BCUT2D eigenvalue weighted by Crippen LogP contribution is -2.16. The van der Waals surface area contributed by atoms with Crippen LogP contribution in [0.3, 0.4) is 0 Å². The number of aryl methyl sites for hydroxylation is 3. The van der Waals surface area contributed by atoms with E-state index < -0.39 is 0 Å². The molecule has 0 unspecified atom stereocenters. The molecule has 1 aromatic heterocycles. The standard InChI is InChI=1S/C20H22N2OS2/c1-5-22-17-9-8-16(24-4)12-18(17)25-20(22)21-19(23)11-15-10-13(2)6-7-14(15)3/h6-10,12H,5,11H2,1-4H3. The van der Waals surface area contributed by atoms with Crippen molar-refractivity contribution in [1.29, 1.82) is 0 Å². The van der Waals surface area contributed by atoms with Crippen molar-refractivity contribution in [2.45, 2.75) is 38.6 Å². The van der Waals surface area contributed by atoms with Gasteiger partial charge in [-0.3, -0.25) is 4.79 Å². The van der Waals surface area contributed by atoms with Crippen LogP contribution in [0.25, 0.3) is 10.2 Å². The van der Waals surface area contributed by atoms with Gasteiger partial charge in [-0.05, 0) is 56.4 Å². The van der Waals surface area contributed by atoms with Crippen LogP contribution in [0.5, 0.6) is 0 Å². The van der Waals surface area contributed by atoms with Crippen LogP contribution >= 0.6 is 23.1 Å². The molecule has 0 aliphatic rings. The van der Waals surface area contributed by atoms with Crippen LogP contribution in [0, 0.1) is 13.8 Å². The van der Waals surface area contributed by atoms with Gasteiger partial charge in [0.15, 0.2) is 4.80 Å². The normalized spacial score (nSPS) is 12.1. The molecule has 0 fully saturated rings. The number of amides is 1. The van der Waals surface area contributed by atoms with Gasteiger partial charge >= 0.3 is 0 Å². The van der Waals surface area contributed by atoms with Gasteiger partial charge in [0.2, 0.25) is 0 Å². The average Bonchev–Trinajstić information content (AvgIpc) is 2.93. The number of nitrogens with zero attached hydrogens (tertiary/aromatic N) is 2. The minimum Gasteiger partial charge on any atom is -0.317 e. The van der Waals surface area contributed by atoms with E-state index >= 15 is 0 Å². The van der Waals surface area contributed by atoms with E-state index in [-0.39, 0.29) is 5.91 Å². The Kier molecular flexibility index (Phi) is 5.45. The molecule has 3 nitrogen and oxygen atoms in total. The summed E-state index contributed by atoms with van der Waals surface area (Å²) in [7, 11) is 0. The van der Waals surface area contributed by atoms with Crippen LogP contribution < -0.4 is 4.80 Å². The van der Waals surface area contributed by atoms with Crippen LogP contribution in [-0.2, 0) is 17.8 Å². The first-order valence-corrected chi connectivity index (χ1v) is 10.4. The van der Waals surface area contributed by atoms with Gasteiger partial charge < -0.3 is 4.57 Å². The molecule has 2 aromatic carbocycles. The molecule has 25 heavy (non-hydrogen) atoms. The summed E-state index contributed by atoms with van der Waals surface area (Å²) in [5.41, 5.74) is 4.51. The zero-order valence-corrected chi connectivity index (χ0v) is 16.6. The fourth-order valence-corrected chi connectivity index (χ4v) is 4.54. The molecule has 3 aromatic rings. The van der Waals surface area contributed by atoms with Crippen LogP contribution in [0.1, 0.15) is 23.6 Å². The molecule has 3 rings (SSSR count). The van der Waals surface area contributed by atoms with Gasteiger partial charge in [-0.1, -0.05) is 35.1 Å². The van der Waals surface area contributed by atoms with Crippen molar-refractivity contribution in [2.24, 2.45) is 4.99 Å². The summed E-state index contributed by atoms with van der Waals surface area (Å²) in [4.78, 5) is 19.0. The number of hydrogen-bond acceptors (Lipinski definition) is 3. The molecule has 1 amide bonds. The van der Waals surface area contributed by atoms with Crippen LogP contribution in [0.4, 0.5) is 0 Å². The van der Waals surface area contributed by atoms with Gasteiger partial charge in [-0.2, -0.15) is 4.99 Å². The molecule has 5 heteroatoms. The number of carbonyl (C=O) groups is 1. The van der Waals surface area contributed by atoms with Crippen LogP contribution in [0.2, 0.25) is 0 Å². The minimum absolute atomic E-state index is 0.0902. The van der Waals surface area contributed by atoms with Crippen molar-refractivity contribution < 1.29 is 4.79 Å². The SMILES string of the molecule is CCn1c(=NC(=O)Cc2cc(C)ccc2C)sc2cc(SC)ccc21. The first-order valence-electron chi connectivity index (χ1n) is 8.33. The lowest BCUT2D eigenvalue weighted by atomic mass is 10.0. The number of hydrogen-bond donors (Lipinski definition) is 0. The monoisotopic (exact) mass is 370 g/mol. The molecule has 0 saturated heterocycles. The molecule has 0 spiro atoms. The third-order valence-electron chi connectivity index (χ3n) is 4.27. The Hall–Kier alpha value is -1.85. The highest BCUT2D eigenvalue weighted by Crippen LogP contribution is 2.24. The highest BCUT2D eigenvalue weighted by molar-refractivity contribution is 7.98. The molecule has 0 bridgehead atoms. The molecule has 0 saturated carbocycles. The van der Waals surface area contributed by atoms with Crippen molar-refractivity contribution >= 4 is 39.2 Å². The van der Waals surface area contributed by atoms with E-state index in [1.54, 1.807) is 23.1 Å². The number of fused-ring (bicyclic) bond motifs is 1. The fourth-order valence-electron chi connectivity index (χ4n) is 2.87. The number of aromatic nitrogens is 1. The summed E-state index contributed by atoms with van der Waals surface area (Å²) in [6, 6.07) is 12.6. The van der Waals surface area contributed by atoms with E-state index in [2.05, 4.69) is 59.1 Å². The van der Waals surface area contributed by atoms with Gasteiger partial charge in [0.05, 0.1) is 16.6 Å². The Bertz CT molecular complexity index is 999. The maximum atomic E-state index is 12.5. The summed E-state index contributed by atoms with van der Waals surface area (Å²) in [6.45, 7) is 6.97. The summed E-state index contributed by atoms with van der Waals surface area (Å²) in [5.74, 6) is -0.0902. The maximum Gasteiger partial charge on any atom is 0.252 e. The molecule has 0 atom stereocenters. The molecule has 130 valence electrons. The Balaban J connectivity index is 1.99. The van der Waals surface area contributed by atoms with E-state index in [1.165, 1.54) is 15.2 Å². The molecule has 0 radical (unpaired) electrons. The lowest BCUT2D eigenvalue weighted by molar-refractivity contribution is -0.117. The topological polar surface area (TPSA) is 34.4 Å². The second kappa shape index (κ2) is 7.58. The molecular formula is C20H22N2OS2. The van der Waals surface area contributed by atoms with Crippen molar-refractivity contribution in [1.82, 2.24) is 4.57 Å². The largest absolute Gasteiger partial charge is 0.317 e. The zero-order chi connectivity index (χ0) is 18.0. The van der Waals surface area contributed by atoms with Gasteiger partial charge in [-0.15, -0.1) is 11.8 Å². The predicted octanol–water partition coefficient (Wildman–Crippen LogP) is 4.73. The number of thioether (sulfide) groups is 1. The summed E-state index contributed by atoms with van der Waals surface area (Å²) in [5, 5.41) is 0. The number of rotatable bonds is 4. The van der Waals surface area contributed by atoms with Gasteiger partial charge in [0.25, 0.3) is 5.91 Å². The molecule has 0 aliphatic heterocycles. The average molecular weight is 371 g/mol. The highest BCUT2D eigenvalue weighted by atomic mass is 32.2. The minimum atomic E-state index is -0.0902. The lowest BCUT2D eigenvalue weighted by Gasteiger charge is -2.04. The van der Waals surface area contributed by atoms with Gasteiger partial charge in [0, 0.05) is 11.4 Å². The third kappa shape index (κ3) is 3.88. The van der Waals surface area contributed by atoms with E-state index in [0.717, 1.165) is 28.0 Å². The first kappa shape index (κ1) is 18.0. The van der Waals surface area contributed by atoms with Crippen LogP contribution in [0.15, 0.2) is 46.3 Å². The second-order valence-electron chi connectivity index (χ2n) is 6.07. The first-order chi connectivity index (χ1) is 12.0. The van der Waals surface area contributed by atoms with E-state index in [9.17, 15) is 4.79 Å². The molecule has 0 N–H and O–H groups in total. The zero-order valence-electron chi connectivity index (χ0n) is 15.0. The van der Waals surface area contributed by atoms with Crippen molar-refractivity contribution in [3.63, 3.8) is 0 Å². The van der Waals surface area contributed by atoms with Crippen molar-refractivity contribution in [2.75, 3.05) is 6.26 Å². The Labute approximate surface area is 156 Å². The second-order valence-corrected chi connectivity index (χ2v) is 7.96. The summed E-state index contributed by atoms with van der Waals surface area (Å²) >= 11 is 3.31. The summed E-state index contributed by atoms with van der Waals surface area (Å²) < 4.78 is 3.29. The Morgan fingerprint density at radius 1 is 1.20 bits per heavy atom. The number of carbonyl (C=O) groups excluding carboxylic acids is 1. The van der Waals surface area contributed by atoms with Crippen molar-refractivity contribution in [3.8, 4) is 0 Å². The quantitative estimate of drug-likeness (QED) is 0.622. The van der Waals surface area contributed by atoms with E-state index in [0.29, 0.717) is 6.42 Å².